The molecule has 1 unspecified atom stereocenters. The lowest BCUT2D eigenvalue weighted by Gasteiger charge is -2.26. The number of Topliss-reactive ketones (excluding diaryl/α,β-unsaturated/α-hetero) is 2. The van der Waals surface area contributed by atoms with E-state index in [0.29, 0.717) is 22.0 Å². The number of hydrogen-bond acceptors (Lipinski definition) is 3. The second-order valence-electron chi connectivity index (χ2n) is 4.86. The third kappa shape index (κ3) is 2.83. The van der Waals surface area contributed by atoms with Gasteiger partial charge < -0.3 is 0 Å². The molecule has 1 aliphatic rings. The Hall–Kier alpha value is -0.900. The number of benzene rings is 1. The van der Waals surface area contributed by atoms with E-state index >= 15 is 0 Å². The zero-order valence-electron chi connectivity index (χ0n) is 10.6. The van der Waals surface area contributed by atoms with Gasteiger partial charge in [-0.05, 0) is 24.6 Å². The number of ketones is 2. The average Bonchev–Trinajstić information content (AvgIpc) is 2.75. The second-order valence-corrected chi connectivity index (χ2v) is 5.67. The summed E-state index contributed by atoms with van der Waals surface area (Å²) in [6.45, 7) is 2.25. The van der Waals surface area contributed by atoms with Gasteiger partial charge in [-0.2, -0.15) is 0 Å². The van der Waals surface area contributed by atoms with Crippen LogP contribution >= 0.6 is 23.2 Å². The van der Waals surface area contributed by atoms with Crippen LogP contribution in [-0.4, -0.2) is 23.7 Å². The molecule has 1 aromatic rings. The fraction of sp³-hybridized carbons (Fsp3) is 0.429. The van der Waals surface area contributed by atoms with Crippen molar-refractivity contribution in [2.75, 3.05) is 6.54 Å². The Morgan fingerprint density at radius 2 is 2.11 bits per heavy atom. The Labute approximate surface area is 122 Å². The largest absolute Gasteiger partial charge is 0.298 e. The van der Waals surface area contributed by atoms with Crippen molar-refractivity contribution in [1.82, 2.24) is 5.32 Å². The topological polar surface area (TPSA) is 46.2 Å². The number of hydrogen-bond donors (Lipinski definition) is 1. The van der Waals surface area contributed by atoms with Crippen molar-refractivity contribution in [3.8, 4) is 0 Å². The van der Waals surface area contributed by atoms with Crippen LogP contribution in [0.15, 0.2) is 18.2 Å². The van der Waals surface area contributed by atoms with Crippen LogP contribution in [0.2, 0.25) is 10.0 Å². The summed E-state index contributed by atoms with van der Waals surface area (Å²) in [5.41, 5.74) is -0.284. The van der Waals surface area contributed by atoms with E-state index in [1.807, 2.05) is 6.92 Å². The highest BCUT2D eigenvalue weighted by Crippen LogP contribution is 2.30. The van der Waals surface area contributed by atoms with Crippen LogP contribution in [0, 0.1) is 0 Å². The monoisotopic (exact) mass is 299 g/mol. The van der Waals surface area contributed by atoms with E-state index in [2.05, 4.69) is 5.32 Å². The van der Waals surface area contributed by atoms with Crippen LogP contribution in [0.25, 0.3) is 0 Å². The Morgan fingerprint density at radius 1 is 1.37 bits per heavy atom. The summed E-state index contributed by atoms with van der Waals surface area (Å²) in [7, 11) is 0. The van der Waals surface area contributed by atoms with Gasteiger partial charge in [-0.3, -0.25) is 14.9 Å². The van der Waals surface area contributed by atoms with Gasteiger partial charge in [0.25, 0.3) is 0 Å². The number of carbonyl (C=O) groups excluding carboxylic acids is 2. The molecular formula is C14H15Cl2NO2. The van der Waals surface area contributed by atoms with Crippen LogP contribution in [0.1, 0.15) is 36.5 Å². The molecule has 0 radical (unpaired) electrons. The summed E-state index contributed by atoms with van der Waals surface area (Å²) >= 11 is 11.8. The maximum Gasteiger partial charge on any atom is 0.183 e. The van der Waals surface area contributed by atoms with E-state index in [-0.39, 0.29) is 24.5 Å². The Morgan fingerprint density at radius 3 is 2.63 bits per heavy atom. The molecule has 5 heteroatoms. The van der Waals surface area contributed by atoms with Crippen molar-refractivity contribution in [2.45, 2.75) is 31.7 Å². The first-order chi connectivity index (χ1) is 8.98. The average molecular weight is 300 g/mol. The van der Waals surface area contributed by atoms with E-state index in [0.717, 1.165) is 6.42 Å². The Bertz CT molecular complexity index is 530. The zero-order valence-corrected chi connectivity index (χ0v) is 12.1. The first kappa shape index (κ1) is 14.5. The van der Waals surface area contributed by atoms with Gasteiger partial charge in [0, 0.05) is 12.0 Å². The summed E-state index contributed by atoms with van der Waals surface area (Å²) in [4.78, 5) is 24.2. The molecule has 0 amide bonds. The van der Waals surface area contributed by atoms with Gasteiger partial charge in [0.2, 0.25) is 0 Å². The standard InChI is InChI=1S/C14H15Cl2NO2/c1-2-5-14(7-10(18)8-17-14)13(19)9-3-4-11(15)12(16)6-9/h3-4,6,17H,2,5,7-8H2,1H3. The highest BCUT2D eigenvalue weighted by Gasteiger charge is 2.43. The van der Waals surface area contributed by atoms with Gasteiger partial charge in [0.15, 0.2) is 5.78 Å². The van der Waals surface area contributed by atoms with Crippen molar-refractivity contribution in [3.05, 3.63) is 33.8 Å². The molecule has 1 aliphatic heterocycles. The summed E-state index contributed by atoms with van der Waals surface area (Å²) < 4.78 is 0. The van der Waals surface area contributed by atoms with Crippen LogP contribution in [0.5, 0.6) is 0 Å². The maximum absolute atomic E-state index is 12.7. The van der Waals surface area contributed by atoms with Crippen molar-refractivity contribution in [2.24, 2.45) is 0 Å². The molecular weight excluding hydrogens is 285 g/mol. The predicted octanol–water partition coefficient (Wildman–Crippen LogP) is 3.28. The normalized spacial score (nSPS) is 22.8. The minimum absolute atomic E-state index is 0.0712. The lowest BCUT2D eigenvalue weighted by Crippen LogP contribution is -2.47. The predicted molar refractivity (Wildman–Crippen MR) is 76.1 cm³/mol. The first-order valence-electron chi connectivity index (χ1n) is 6.25. The van der Waals surface area contributed by atoms with Gasteiger partial charge in [0.05, 0.1) is 22.1 Å². The fourth-order valence-electron chi connectivity index (χ4n) is 2.52. The maximum atomic E-state index is 12.7. The lowest BCUT2D eigenvalue weighted by atomic mass is 9.84. The van der Waals surface area contributed by atoms with Gasteiger partial charge in [-0.25, -0.2) is 0 Å². The molecule has 102 valence electrons. The summed E-state index contributed by atoms with van der Waals surface area (Å²) in [6, 6.07) is 4.82. The molecule has 1 atom stereocenters. The summed E-state index contributed by atoms with van der Waals surface area (Å²) in [5.74, 6) is -0.0133. The summed E-state index contributed by atoms with van der Waals surface area (Å²) in [5, 5.41) is 3.84. The number of nitrogens with one attached hydrogen (secondary N) is 1. The molecule has 0 spiro atoms. The quantitative estimate of drug-likeness (QED) is 0.868. The molecule has 0 aliphatic carbocycles. The van der Waals surface area contributed by atoms with E-state index in [9.17, 15) is 9.59 Å². The van der Waals surface area contributed by atoms with Crippen LogP contribution in [0.3, 0.4) is 0 Å². The molecule has 0 bridgehead atoms. The molecule has 1 aromatic carbocycles. The van der Waals surface area contributed by atoms with Gasteiger partial charge >= 0.3 is 0 Å². The van der Waals surface area contributed by atoms with E-state index < -0.39 is 5.54 Å². The van der Waals surface area contributed by atoms with Crippen molar-refractivity contribution >= 4 is 34.8 Å². The third-order valence-corrected chi connectivity index (χ3v) is 4.16. The van der Waals surface area contributed by atoms with Gasteiger partial charge in [-0.1, -0.05) is 36.5 Å². The highest BCUT2D eigenvalue weighted by molar-refractivity contribution is 6.42. The van der Waals surface area contributed by atoms with E-state index in [1.54, 1.807) is 18.2 Å². The molecule has 0 aromatic heterocycles. The molecule has 3 nitrogen and oxygen atoms in total. The fourth-order valence-corrected chi connectivity index (χ4v) is 2.82. The van der Waals surface area contributed by atoms with Crippen LogP contribution < -0.4 is 5.32 Å². The number of rotatable bonds is 4. The smallest absolute Gasteiger partial charge is 0.183 e. The minimum Gasteiger partial charge on any atom is -0.298 e. The molecule has 0 saturated carbocycles. The molecule has 1 saturated heterocycles. The molecule has 2 rings (SSSR count). The van der Waals surface area contributed by atoms with E-state index in [1.165, 1.54) is 0 Å². The minimum atomic E-state index is -0.775. The molecule has 19 heavy (non-hydrogen) atoms. The molecule has 1 N–H and O–H groups in total. The highest BCUT2D eigenvalue weighted by atomic mass is 35.5. The third-order valence-electron chi connectivity index (χ3n) is 3.42. The second kappa shape index (κ2) is 5.61. The van der Waals surface area contributed by atoms with Gasteiger partial charge in [0.1, 0.15) is 5.78 Å². The van der Waals surface area contributed by atoms with Crippen molar-refractivity contribution < 1.29 is 9.59 Å². The van der Waals surface area contributed by atoms with Crippen molar-refractivity contribution in [1.29, 1.82) is 0 Å². The molecule has 1 fully saturated rings. The van der Waals surface area contributed by atoms with Crippen LogP contribution in [0.4, 0.5) is 0 Å². The summed E-state index contributed by atoms with van der Waals surface area (Å²) in [6.07, 6.45) is 1.71. The van der Waals surface area contributed by atoms with Crippen molar-refractivity contribution in [3.63, 3.8) is 0 Å². The lowest BCUT2D eigenvalue weighted by molar-refractivity contribution is -0.116. The van der Waals surface area contributed by atoms with Gasteiger partial charge in [-0.15, -0.1) is 0 Å². The SMILES string of the molecule is CCCC1(C(=O)c2ccc(Cl)c(Cl)c2)CC(=O)CN1. The number of carbonyl (C=O) groups is 2. The Kier molecular flexibility index (Phi) is 4.29. The van der Waals surface area contributed by atoms with E-state index in [4.69, 9.17) is 23.2 Å². The Balaban J connectivity index is 2.34. The first-order valence-corrected chi connectivity index (χ1v) is 7.01. The zero-order chi connectivity index (χ0) is 14.0. The number of halogens is 2. The molecule has 1 heterocycles. The van der Waals surface area contributed by atoms with Crippen LogP contribution in [-0.2, 0) is 4.79 Å².